The number of benzene rings is 1. The van der Waals surface area contributed by atoms with Crippen LogP contribution >= 0.6 is 24.0 Å². The van der Waals surface area contributed by atoms with Gasteiger partial charge in [-0.1, -0.05) is 44.2 Å². The fourth-order valence-corrected chi connectivity index (χ4v) is 3.26. The van der Waals surface area contributed by atoms with Gasteiger partial charge in [0.1, 0.15) is 0 Å². The smallest absolute Gasteiger partial charge is 0.191 e. The van der Waals surface area contributed by atoms with E-state index in [1.54, 1.807) is 13.2 Å². The molecule has 0 radical (unpaired) electrons. The first-order chi connectivity index (χ1) is 13.0. The molecule has 1 heterocycles. The van der Waals surface area contributed by atoms with Crippen LogP contribution in [-0.4, -0.2) is 34.9 Å². The summed E-state index contributed by atoms with van der Waals surface area (Å²) in [7, 11) is 3.75. The molecule has 28 heavy (non-hydrogen) atoms. The third-order valence-electron chi connectivity index (χ3n) is 5.35. The van der Waals surface area contributed by atoms with Gasteiger partial charge in [0.05, 0.1) is 12.2 Å². The second kappa shape index (κ2) is 12.1. The number of guanidine groups is 1. The van der Waals surface area contributed by atoms with Crippen LogP contribution in [0.5, 0.6) is 0 Å². The van der Waals surface area contributed by atoms with Crippen molar-refractivity contribution in [3.63, 3.8) is 0 Å². The largest absolute Gasteiger partial charge is 0.355 e. The van der Waals surface area contributed by atoms with Crippen LogP contribution in [0.15, 0.2) is 47.6 Å². The van der Waals surface area contributed by atoms with E-state index in [4.69, 9.17) is 0 Å². The number of hydrogen-bond acceptors (Lipinski definition) is 3. The van der Waals surface area contributed by atoms with E-state index in [2.05, 4.69) is 77.1 Å². The molecular formula is C21H35IN6. The minimum Gasteiger partial charge on any atom is -0.355 e. The number of hydrogen-bond donors (Lipinski definition) is 3. The number of rotatable bonds is 9. The summed E-state index contributed by atoms with van der Waals surface area (Å²) >= 11 is 0. The molecule has 0 bridgehead atoms. The summed E-state index contributed by atoms with van der Waals surface area (Å²) in [4.78, 5) is 4.36. The van der Waals surface area contributed by atoms with Crippen molar-refractivity contribution in [2.24, 2.45) is 12.0 Å². The molecule has 0 aliphatic carbocycles. The third kappa shape index (κ3) is 6.77. The topological polar surface area (TPSA) is 66.3 Å². The lowest BCUT2D eigenvalue weighted by molar-refractivity contribution is 0.271. The van der Waals surface area contributed by atoms with Gasteiger partial charge < -0.3 is 16.0 Å². The Labute approximate surface area is 186 Å². The summed E-state index contributed by atoms with van der Waals surface area (Å²) in [5.41, 5.74) is 2.42. The first-order valence-electron chi connectivity index (χ1n) is 9.77. The predicted molar refractivity (Wildman–Crippen MR) is 128 cm³/mol. The van der Waals surface area contributed by atoms with Gasteiger partial charge in [-0.3, -0.25) is 9.67 Å². The van der Waals surface area contributed by atoms with Gasteiger partial charge in [0.25, 0.3) is 0 Å². The van der Waals surface area contributed by atoms with Crippen LogP contribution in [0.4, 0.5) is 0 Å². The molecule has 0 fully saturated rings. The second-order valence-corrected chi connectivity index (χ2v) is 6.99. The SMILES string of the molecule is CCC(CC)(CNC(=NC)NCc1ccnn1C)NC(C)c1ccccc1.I. The highest BCUT2D eigenvalue weighted by Gasteiger charge is 2.28. The molecule has 0 spiro atoms. The van der Waals surface area contributed by atoms with Crippen LogP contribution in [0, 0.1) is 0 Å². The van der Waals surface area contributed by atoms with Crippen molar-refractivity contribution in [3.05, 3.63) is 53.9 Å². The first kappa shape index (κ1) is 24.4. The van der Waals surface area contributed by atoms with Crippen LogP contribution in [-0.2, 0) is 13.6 Å². The molecule has 1 aromatic heterocycles. The van der Waals surface area contributed by atoms with Gasteiger partial charge in [0.15, 0.2) is 5.96 Å². The van der Waals surface area contributed by atoms with Crippen LogP contribution < -0.4 is 16.0 Å². The van der Waals surface area contributed by atoms with Crippen LogP contribution in [0.25, 0.3) is 0 Å². The molecule has 0 saturated heterocycles. The van der Waals surface area contributed by atoms with Gasteiger partial charge in [-0.05, 0) is 31.4 Å². The highest BCUT2D eigenvalue weighted by atomic mass is 127. The molecule has 0 saturated carbocycles. The minimum atomic E-state index is -0.000588. The van der Waals surface area contributed by atoms with Crippen LogP contribution in [0.1, 0.15) is 50.9 Å². The lowest BCUT2D eigenvalue weighted by Gasteiger charge is -2.37. The van der Waals surface area contributed by atoms with Crippen molar-refractivity contribution < 1.29 is 0 Å². The number of aliphatic imine (C=N–C) groups is 1. The monoisotopic (exact) mass is 498 g/mol. The predicted octanol–water partition coefficient (Wildman–Crippen LogP) is 3.61. The maximum Gasteiger partial charge on any atom is 0.191 e. The van der Waals surface area contributed by atoms with E-state index in [0.29, 0.717) is 6.54 Å². The van der Waals surface area contributed by atoms with Crippen molar-refractivity contribution in [1.82, 2.24) is 25.7 Å². The zero-order valence-electron chi connectivity index (χ0n) is 17.7. The molecule has 7 heteroatoms. The van der Waals surface area contributed by atoms with E-state index in [-0.39, 0.29) is 35.6 Å². The summed E-state index contributed by atoms with van der Waals surface area (Å²) in [5, 5.41) is 14.9. The lowest BCUT2D eigenvalue weighted by Crippen LogP contribution is -2.55. The highest BCUT2D eigenvalue weighted by Crippen LogP contribution is 2.21. The Bertz CT molecular complexity index is 709. The standard InChI is InChI=1S/C21H34N6.HI/c1-6-21(7-2,26-17(3)18-11-9-8-10-12-18)16-24-20(22-4)23-15-19-13-14-25-27(19)5;/h8-14,17,26H,6-7,15-16H2,1-5H3,(H2,22,23,24);1H. The van der Waals surface area contributed by atoms with Crippen molar-refractivity contribution in [3.8, 4) is 0 Å². The van der Waals surface area contributed by atoms with E-state index < -0.39 is 0 Å². The van der Waals surface area contributed by atoms with Crippen LogP contribution in [0.2, 0.25) is 0 Å². The Morgan fingerprint density at radius 3 is 2.36 bits per heavy atom. The third-order valence-corrected chi connectivity index (χ3v) is 5.35. The molecule has 0 aliphatic rings. The molecule has 2 aromatic rings. The first-order valence-corrected chi connectivity index (χ1v) is 9.77. The Kier molecular flexibility index (Phi) is 10.5. The van der Waals surface area contributed by atoms with Crippen molar-refractivity contribution in [2.45, 2.75) is 51.7 Å². The molecular weight excluding hydrogens is 463 g/mol. The minimum absolute atomic E-state index is 0. The molecule has 0 aliphatic heterocycles. The normalized spacial score (nSPS) is 13.0. The van der Waals surface area contributed by atoms with Gasteiger partial charge in [-0.25, -0.2) is 0 Å². The quantitative estimate of drug-likeness (QED) is 0.281. The number of aromatic nitrogens is 2. The number of halogens is 1. The molecule has 156 valence electrons. The molecule has 1 unspecified atom stereocenters. The zero-order chi connectivity index (χ0) is 19.7. The molecule has 1 atom stereocenters. The lowest BCUT2D eigenvalue weighted by atomic mass is 9.90. The maximum absolute atomic E-state index is 4.36. The van der Waals surface area contributed by atoms with Gasteiger partial charge in [-0.15, -0.1) is 24.0 Å². The number of nitrogens with one attached hydrogen (secondary N) is 3. The Balaban J connectivity index is 0.00000392. The average molecular weight is 498 g/mol. The summed E-state index contributed by atoms with van der Waals surface area (Å²) < 4.78 is 1.87. The Hall–Kier alpha value is -1.61. The van der Waals surface area contributed by atoms with Crippen molar-refractivity contribution >= 4 is 29.9 Å². The van der Waals surface area contributed by atoms with Crippen molar-refractivity contribution in [1.29, 1.82) is 0 Å². The van der Waals surface area contributed by atoms with E-state index in [0.717, 1.165) is 31.0 Å². The number of aryl methyl sites for hydroxylation is 1. The summed E-state index contributed by atoms with van der Waals surface area (Å²) in [5.74, 6) is 0.802. The fraction of sp³-hybridized carbons (Fsp3) is 0.524. The van der Waals surface area contributed by atoms with Gasteiger partial charge >= 0.3 is 0 Å². The van der Waals surface area contributed by atoms with Gasteiger partial charge in [0.2, 0.25) is 0 Å². The Morgan fingerprint density at radius 2 is 1.82 bits per heavy atom. The van der Waals surface area contributed by atoms with Crippen molar-refractivity contribution in [2.75, 3.05) is 13.6 Å². The molecule has 3 N–H and O–H groups in total. The summed E-state index contributed by atoms with van der Waals surface area (Å²) in [6.45, 7) is 8.20. The maximum atomic E-state index is 4.36. The van der Waals surface area contributed by atoms with E-state index in [1.165, 1.54) is 5.56 Å². The molecule has 0 amide bonds. The summed E-state index contributed by atoms with van der Waals surface area (Å²) in [6, 6.07) is 12.9. The molecule has 2 rings (SSSR count). The van der Waals surface area contributed by atoms with E-state index >= 15 is 0 Å². The summed E-state index contributed by atoms with van der Waals surface area (Å²) in [6.07, 6.45) is 3.88. The number of nitrogens with zero attached hydrogens (tertiary/aromatic N) is 3. The van der Waals surface area contributed by atoms with Gasteiger partial charge in [-0.2, -0.15) is 5.10 Å². The zero-order valence-corrected chi connectivity index (χ0v) is 20.0. The second-order valence-electron chi connectivity index (χ2n) is 6.99. The molecule has 1 aromatic carbocycles. The fourth-order valence-electron chi connectivity index (χ4n) is 3.26. The van der Waals surface area contributed by atoms with E-state index in [1.807, 2.05) is 17.8 Å². The molecule has 6 nitrogen and oxygen atoms in total. The highest BCUT2D eigenvalue weighted by molar-refractivity contribution is 14.0. The van der Waals surface area contributed by atoms with Crippen LogP contribution in [0.3, 0.4) is 0 Å². The van der Waals surface area contributed by atoms with E-state index in [9.17, 15) is 0 Å². The average Bonchev–Trinajstić information content (AvgIpc) is 3.12. The Morgan fingerprint density at radius 1 is 1.14 bits per heavy atom. The van der Waals surface area contributed by atoms with Gasteiger partial charge in [0, 0.05) is 38.4 Å².